The van der Waals surface area contributed by atoms with Gasteiger partial charge in [-0.3, -0.25) is 4.99 Å². The molecule has 0 radical (unpaired) electrons. The lowest BCUT2D eigenvalue weighted by molar-refractivity contribution is -0.157. The topological polar surface area (TPSA) is 77.1 Å². The Hall–Kier alpha value is -0.360. The molecule has 1 heterocycles. The molecule has 3 N–H and O–H groups in total. The monoisotopic (exact) mass is 370 g/mol. The largest absolute Gasteiger partial charge is 0.385 e. The van der Waals surface area contributed by atoms with Gasteiger partial charge in [-0.05, 0) is 57.8 Å². The van der Waals surface area contributed by atoms with Crippen LogP contribution in [0.25, 0.3) is 0 Å². The van der Waals surface area contributed by atoms with Gasteiger partial charge in [0.15, 0.2) is 0 Å². The maximum Gasteiger partial charge on any atom is 0.131 e. The van der Waals surface area contributed by atoms with Crippen LogP contribution in [-0.2, 0) is 9.47 Å². The highest BCUT2D eigenvalue weighted by Gasteiger charge is 2.59. The first kappa shape index (κ1) is 18.0. The zero-order valence-corrected chi connectivity index (χ0v) is 15.8. The predicted molar refractivity (Wildman–Crippen MR) is 98.0 cm³/mol. The van der Waals surface area contributed by atoms with Gasteiger partial charge in [-0.15, -0.1) is 11.6 Å². The average molecular weight is 371 g/mol. The first-order valence-corrected chi connectivity index (χ1v) is 10.3. The molecule has 0 aromatic heterocycles. The van der Waals surface area contributed by atoms with Crippen molar-refractivity contribution in [2.75, 3.05) is 7.11 Å². The lowest BCUT2D eigenvalue weighted by Crippen LogP contribution is -2.60. The van der Waals surface area contributed by atoms with Gasteiger partial charge in [-0.25, -0.2) is 0 Å². The summed E-state index contributed by atoms with van der Waals surface area (Å²) in [5, 5.41) is 11.9. The highest BCUT2D eigenvalue weighted by molar-refractivity contribution is 6.20. The molecule has 5 nitrogen and oxygen atoms in total. The van der Waals surface area contributed by atoms with Crippen LogP contribution in [0.4, 0.5) is 0 Å². The number of rotatable bonds is 4. The summed E-state index contributed by atoms with van der Waals surface area (Å²) >= 11 is 6.45. The van der Waals surface area contributed by atoms with E-state index in [2.05, 4.69) is 4.99 Å². The van der Waals surface area contributed by atoms with Gasteiger partial charge in [-0.1, -0.05) is 0 Å². The summed E-state index contributed by atoms with van der Waals surface area (Å²) in [6.45, 7) is 0. The SMILES string of the molecule is COC1CCC(OC2CCC2)C(C2(O)C(N)=NC3CCC(Cl)CC32)C1. The second-order valence-corrected chi connectivity index (χ2v) is 9.05. The van der Waals surface area contributed by atoms with Gasteiger partial charge in [0.2, 0.25) is 0 Å². The van der Waals surface area contributed by atoms with Crippen LogP contribution in [0.2, 0.25) is 0 Å². The number of alkyl halides is 1. The van der Waals surface area contributed by atoms with Crippen LogP contribution in [0.1, 0.15) is 57.8 Å². The highest BCUT2D eigenvalue weighted by Crippen LogP contribution is 2.49. The van der Waals surface area contributed by atoms with E-state index in [-0.39, 0.29) is 35.5 Å². The fourth-order valence-electron chi connectivity index (χ4n) is 5.37. The molecule has 7 unspecified atom stereocenters. The van der Waals surface area contributed by atoms with Gasteiger partial charge in [0.05, 0.1) is 24.4 Å². The molecular formula is C19H31ClN2O3. The Kier molecular flexibility index (Phi) is 5.04. The zero-order valence-electron chi connectivity index (χ0n) is 15.1. The van der Waals surface area contributed by atoms with Crippen LogP contribution in [-0.4, -0.2) is 53.4 Å². The highest BCUT2D eigenvalue weighted by atomic mass is 35.5. The van der Waals surface area contributed by atoms with E-state index in [1.165, 1.54) is 6.42 Å². The second-order valence-electron chi connectivity index (χ2n) is 8.43. The van der Waals surface area contributed by atoms with E-state index >= 15 is 0 Å². The molecule has 0 aromatic rings. The maximum atomic E-state index is 11.8. The number of fused-ring (bicyclic) bond motifs is 1. The Morgan fingerprint density at radius 3 is 2.56 bits per heavy atom. The molecule has 7 atom stereocenters. The zero-order chi connectivity index (χ0) is 17.6. The molecule has 0 saturated heterocycles. The van der Waals surface area contributed by atoms with Crippen molar-refractivity contribution in [1.82, 2.24) is 0 Å². The second kappa shape index (κ2) is 6.99. The summed E-state index contributed by atoms with van der Waals surface area (Å²) < 4.78 is 12.0. The Balaban J connectivity index is 1.60. The fourth-order valence-corrected chi connectivity index (χ4v) is 5.68. The third kappa shape index (κ3) is 3.11. The molecule has 0 spiro atoms. The summed E-state index contributed by atoms with van der Waals surface area (Å²) in [5.74, 6) is 0.349. The number of ether oxygens (including phenoxy) is 2. The molecule has 3 aliphatic carbocycles. The minimum atomic E-state index is -1.11. The number of aliphatic hydroxyl groups is 1. The van der Waals surface area contributed by atoms with Crippen LogP contribution in [0.5, 0.6) is 0 Å². The van der Waals surface area contributed by atoms with Crippen LogP contribution in [0.3, 0.4) is 0 Å². The summed E-state index contributed by atoms with van der Waals surface area (Å²) in [6.07, 6.45) is 9.34. The van der Waals surface area contributed by atoms with Crippen molar-refractivity contribution in [1.29, 1.82) is 0 Å². The molecule has 0 amide bonds. The Labute approximate surface area is 155 Å². The van der Waals surface area contributed by atoms with E-state index in [0.29, 0.717) is 11.9 Å². The van der Waals surface area contributed by atoms with Crippen molar-refractivity contribution >= 4 is 17.4 Å². The van der Waals surface area contributed by atoms with E-state index in [4.69, 9.17) is 26.8 Å². The van der Waals surface area contributed by atoms with Gasteiger partial charge >= 0.3 is 0 Å². The third-order valence-corrected chi connectivity index (χ3v) is 7.48. The summed E-state index contributed by atoms with van der Waals surface area (Å²) in [6, 6.07) is 0.104. The maximum absolute atomic E-state index is 11.8. The molecule has 142 valence electrons. The van der Waals surface area contributed by atoms with Crippen molar-refractivity contribution in [3.8, 4) is 0 Å². The smallest absolute Gasteiger partial charge is 0.131 e. The van der Waals surface area contributed by atoms with Gasteiger partial charge in [0, 0.05) is 24.3 Å². The van der Waals surface area contributed by atoms with E-state index in [9.17, 15) is 5.11 Å². The molecule has 0 aromatic carbocycles. The van der Waals surface area contributed by atoms with E-state index < -0.39 is 5.60 Å². The quantitative estimate of drug-likeness (QED) is 0.746. The number of aliphatic imine (C=N–C) groups is 1. The minimum Gasteiger partial charge on any atom is -0.385 e. The molecule has 25 heavy (non-hydrogen) atoms. The first-order chi connectivity index (χ1) is 12.0. The van der Waals surface area contributed by atoms with Gasteiger partial charge in [-0.2, -0.15) is 0 Å². The van der Waals surface area contributed by atoms with E-state index in [1.54, 1.807) is 7.11 Å². The standard InChI is InChI=1S/C19H31ClN2O3/c1-24-13-6-8-17(25-12-3-2-4-12)15(10-13)19(23)14-9-11(20)5-7-16(14)22-18(19)21/h11-17,23H,2-10H2,1H3,(H2,21,22). The van der Waals surface area contributed by atoms with Crippen LogP contribution in [0, 0.1) is 11.8 Å². The Morgan fingerprint density at radius 1 is 1.08 bits per heavy atom. The number of nitrogens with two attached hydrogens (primary N) is 1. The molecule has 3 fully saturated rings. The molecule has 3 saturated carbocycles. The van der Waals surface area contributed by atoms with Crippen molar-refractivity contribution in [2.24, 2.45) is 22.6 Å². The average Bonchev–Trinajstić information content (AvgIpc) is 2.83. The van der Waals surface area contributed by atoms with Crippen molar-refractivity contribution < 1.29 is 14.6 Å². The number of hydrogen-bond acceptors (Lipinski definition) is 5. The Morgan fingerprint density at radius 2 is 1.88 bits per heavy atom. The first-order valence-electron chi connectivity index (χ1n) is 9.90. The number of nitrogens with zero attached hydrogens (tertiary/aromatic N) is 1. The van der Waals surface area contributed by atoms with Crippen LogP contribution >= 0.6 is 11.6 Å². The summed E-state index contributed by atoms with van der Waals surface area (Å²) in [5.41, 5.74) is 5.23. The van der Waals surface area contributed by atoms with E-state index in [1.807, 2.05) is 0 Å². The molecule has 4 rings (SSSR count). The van der Waals surface area contributed by atoms with Crippen LogP contribution < -0.4 is 5.73 Å². The van der Waals surface area contributed by atoms with Crippen molar-refractivity contribution in [2.45, 2.75) is 93.1 Å². The van der Waals surface area contributed by atoms with Gasteiger partial charge < -0.3 is 20.3 Å². The molecule has 0 bridgehead atoms. The third-order valence-electron chi connectivity index (χ3n) is 7.09. The van der Waals surface area contributed by atoms with Crippen molar-refractivity contribution in [3.63, 3.8) is 0 Å². The number of amidine groups is 1. The lowest BCUT2D eigenvalue weighted by Gasteiger charge is -2.48. The summed E-state index contributed by atoms with van der Waals surface area (Å²) in [7, 11) is 1.75. The summed E-state index contributed by atoms with van der Waals surface area (Å²) in [4.78, 5) is 4.66. The van der Waals surface area contributed by atoms with Gasteiger partial charge in [0.1, 0.15) is 11.4 Å². The van der Waals surface area contributed by atoms with Crippen molar-refractivity contribution in [3.05, 3.63) is 0 Å². The minimum absolute atomic E-state index is 0.0110. The molecular weight excluding hydrogens is 340 g/mol. The van der Waals surface area contributed by atoms with Crippen LogP contribution in [0.15, 0.2) is 4.99 Å². The lowest BCUT2D eigenvalue weighted by atomic mass is 9.64. The fraction of sp³-hybridized carbons (Fsp3) is 0.947. The number of methoxy groups -OCH3 is 1. The van der Waals surface area contributed by atoms with Gasteiger partial charge in [0.25, 0.3) is 0 Å². The molecule has 4 aliphatic rings. The Bertz CT molecular complexity index is 527. The normalized spacial score (nSPS) is 47.9. The van der Waals surface area contributed by atoms with E-state index in [0.717, 1.165) is 51.4 Å². The number of halogens is 1. The predicted octanol–water partition coefficient (Wildman–Crippen LogP) is 2.62. The number of hydrogen-bond donors (Lipinski definition) is 2. The molecule has 6 heteroatoms. The molecule has 1 aliphatic heterocycles.